The van der Waals surface area contributed by atoms with E-state index in [1.807, 2.05) is 4.90 Å². The minimum Gasteiger partial charge on any atom is -0.496 e. The van der Waals surface area contributed by atoms with Gasteiger partial charge in [-0.25, -0.2) is 0 Å². The number of rotatable bonds is 6. The van der Waals surface area contributed by atoms with Gasteiger partial charge in [-0.1, -0.05) is 43.7 Å². The number of amides is 2. The topological polar surface area (TPSA) is 58.6 Å². The van der Waals surface area contributed by atoms with E-state index in [1.165, 1.54) is 32.1 Å². The van der Waals surface area contributed by atoms with Gasteiger partial charge in [-0.3, -0.25) is 9.59 Å². The van der Waals surface area contributed by atoms with E-state index in [4.69, 9.17) is 16.3 Å². The molecule has 1 aromatic rings. The number of likely N-dealkylation sites (tertiary alicyclic amines) is 1. The van der Waals surface area contributed by atoms with Crippen LogP contribution in [-0.4, -0.2) is 43.0 Å². The molecule has 154 valence electrons. The standard InChI is InChI=1S/C22H31ClN2O3/c1-28-20-9-8-17(23)15-19(20)22(27)25-13-11-18(12-14-25)24-21(26)10-7-16-5-3-2-4-6-16/h8-9,15-16,18H,2-7,10-14H2,1H3,(H,24,26). The van der Waals surface area contributed by atoms with E-state index >= 15 is 0 Å². The molecular weight excluding hydrogens is 376 g/mol. The number of methoxy groups -OCH3 is 1. The summed E-state index contributed by atoms with van der Waals surface area (Å²) in [5.41, 5.74) is 0.491. The molecule has 0 radical (unpaired) electrons. The molecule has 1 heterocycles. The lowest BCUT2D eigenvalue weighted by atomic mass is 9.86. The van der Waals surface area contributed by atoms with Crippen molar-refractivity contribution >= 4 is 23.4 Å². The number of benzene rings is 1. The molecule has 2 fully saturated rings. The van der Waals surface area contributed by atoms with Crippen LogP contribution in [0, 0.1) is 5.92 Å². The van der Waals surface area contributed by atoms with Crippen molar-refractivity contribution in [2.45, 2.75) is 63.8 Å². The molecule has 28 heavy (non-hydrogen) atoms. The number of nitrogens with one attached hydrogen (secondary N) is 1. The predicted molar refractivity (Wildman–Crippen MR) is 111 cm³/mol. The van der Waals surface area contributed by atoms with Gasteiger partial charge >= 0.3 is 0 Å². The van der Waals surface area contributed by atoms with Crippen LogP contribution in [0.4, 0.5) is 0 Å². The molecule has 2 amide bonds. The van der Waals surface area contributed by atoms with Gasteiger partial charge in [0.15, 0.2) is 0 Å². The summed E-state index contributed by atoms with van der Waals surface area (Å²) in [5, 5.41) is 3.68. The molecule has 2 aliphatic rings. The van der Waals surface area contributed by atoms with E-state index in [9.17, 15) is 9.59 Å². The lowest BCUT2D eigenvalue weighted by Crippen LogP contribution is -2.46. The summed E-state index contributed by atoms with van der Waals surface area (Å²) >= 11 is 6.05. The first-order chi connectivity index (χ1) is 13.6. The Morgan fingerprint density at radius 1 is 1.14 bits per heavy atom. The molecule has 3 rings (SSSR count). The number of hydrogen-bond acceptors (Lipinski definition) is 3. The maximum absolute atomic E-state index is 12.8. The van der Waals surface area contributed by atoms with Gasteiger partial charge in [0.25, 0.3) is 5.91 Å². The van der Waals surface area contributed by atoms with Gasteiger partial charge in [0.2, 0.25) is 5.91 Å². The van der Waals surface area contributed by atoms with Crippen LogP contribution in [0.15, 0.2) is 18.2 Å². The molecule has 5 nitrogen and oxygen atoms in total. The van der Waals surface area contributed by atoms with E-state index in [0.717, 1.165) is 25.2 Å². The van der Waals surface area contributed by atoms with Gasteiger partial charge in [0.05, 0.1) is 12.7 Å². The Balaban J connectivity index is 1.44. The van der Waals surface area contributed by atoms with Crippen LogP contribution in [0.3, 0.4) is 0 Å². The van der Waals surface area contributed by atoms with Crippen LogP contribution in [0.2, 0.25) is 5.02 Å². The Morgan fingerprint density at radius 3 is 2.54 bits per heavy atom. The fourth-order valence-electron chi connectivity index (χ4n) is 4.36. The van der Waals surface area contributed by atoms with Crippen molar-refractivity contribution in [2.24, 2.45) is 5.92 Å². The molecule has 1 saturated carbocycles. The summed E-state index contributed by atoms with van der Waals surface area (Å²) in [4.78, 5) is 26.9. The summed E-state index contributed by atoms with van der Waals surface area (Å²) in [6.07, 6.45) is 9.74. The van der Waals surface area contributed by atoms with E-state index < -0.39 is 0 Å². The first-order valence-corrected chi connectivity index (χ1v) is 10.9. The van der Waals surface area contributed by atoms with Gasteiger partial charge in [0, 0.05) is 30.6 Å². The highest BCUT2D eigenvalue weighted by atomic mass is 35.5. The molecule has 0 aromatic heterocycles. The van der Waals surface area contributed by atoms with E-state index in [0.29, 0.717) is 35.8 Å². The van der Waals surface area contributed by atoms with E-state index in [1.54, 1.807) is 25.3 Å². The third-order valence-corrected chi connectivity index (χ3v) is 6.28. The molecule has 0 unspecified atom stereocenters. The van der Waals surface area contributed by atoms with E-state index in [-0.39, 0.29) is 17.9 Å². The summed E-state index contributed by atoms with van der Waals surface area (Å²) in [7, 11) is 1.55. The number of ether oxygens (including phenoxy) is 1. The lowest BCUT2D eigenvalue weighted by molar-refractivity contribution is -0.122. The summed E-state index contributed by atoms with van der Waals surface area (Å²) in [6.45, 7) is 1.25. The predicted octanol–water partition coefficient (Wildman–Crippen LogP) is 4.43. The Hall–Kier alpha value is -1.75. The molecule has 1 aromatic carbocycles. The zero-order valence-electron chi connectivity index (χ0n) is 16.7. The highest BCUT2D eigenvalue weighted by molar-refractivity contribution is 6.31. The van der Waals surface area contributed by atoms with Crippen molar-refractivity contribution in [3.05, 3.63) is 28.8 Å². The van der Waals surface area contributed by atoms with Crippen molar-refractivity contribution in [1.82, 2.24) is 10.2 Å². The lowest BCUT2D eigenvalue weighted by Gasteiger charge is -2.33. The second kappa shape index (κ2) is 10.1. The first kappa shape index (κ1) is 21.0. The zero-order valence-corrected chi connectivity index (χ0v) is 17.5. The minimum absolute atomic E-state index is 0.0681. The Labute approximate surface area is 172 Å². The summed E-state index contributed by atoms with van der Waals surface area (Å²) < 4.78 is 5.30. The quantitative estimate of drug-likeness (QED) is 0.760. The molecule has 1 saturated heterocycles. The third kappa shape index (κ3) is 5.63. The second-order valence-corrected chi connectivity index (χ2v) is 8.46. The molecule has 0 spiro atoms. The first-order valence-electron chi connectivity index (χ1n) is 10.5. The maximum Gasteiger partial charge on any atom is 0.257 e. The van der Waals surface area contributed by atoms with Crippen LogP contribution in [0.5, 0.6) is 5.75 Å². The van der Waals surface area contributed by atoms with Crippen molar-refractivity contribution in [2.75, 3.05) is 20.2 Å². The van der Waals surface area contributed by atoms with Crippen molar-refractivity contribution < 1.29 is 14.3 Å². The van der Waals surface area contributed by atoms with Gasteiger partial charge in [0.1, 0.15) is 5.75 Å². The SMILES string of the molecule is COc1ccc(Cl)cc1C(=O)N1CCC(NC(=O)CCC2CCCCC2)CC1. The number of piperidine rings is 1. The summed E-state index contributed by atoms with van der Waals surface area (Å²) in [6, 6.07) is 5.24. The molecular formula is C22H31ClN2O3. The second-order valence-electron chi connectivity index (χ2n) is 8.02. The van der Waals surface area contributed by atoms with Crippen LogP contribution in [-0.2, 0) is 4.79 Å². The van der Waals surface area contributed by atoms with Crippen molar-refractivity contribution in [3.8, 4) is 5.75 Å². The Morgan fingerprint density at radius 2 is 1.86 bits per heavy atom. The van der Waals surface area contributed by atoms with Gasteiger partial charge in [-0.15, -0.1) is 0 Å². The smallest absolute Gasteiger partial charge is 0.257 e. The molecule has 0 atom stereocenters. The van der Waals surface area contributed by atoms with Crippen molar-refractivity contribution in [3.63, 3.8) is 0 Å². The highest BCUT2D eigenvalue weighted by Gasteiger charge is 2.26. The van der Waals surface area contributed by atoms with Gasteiger partial charge in [-0.05, 0) is 43.4 Å². The van der Waals surface area contributed by atoms with Crippen LogP contribution < -0.4 is 10.1 Å². The van der Waals surface area contributed by atoms with E-state index in [2.05, 4.69) is 5.32 Å². The number of nitrogens with zero attached hydrogens (tertiary/aromatic N) is 1. The van der Waals surface area contributed by atoms with Gasteiger partial charge < -0.3 is 15.0 Å². The Kier molecular flexibility index (Phi) is 7.60. The fraction of sp³-hybridized carbons (Fsp3) is 0.636. The fourth-order valence-corrected chi connectivity index (χ4v) is 4.53. The van der Waals surface area contributed by atoms with Crippen LogP contribution in [0.1, 0.15) is 68.1 Å². The normalized spacial score (nSPS) is 18.7. The van der Waals surface area contributed by atoms with Crippen molar-refractivity contribution in [1.29, 1.82) is 0 Å². The van der Waals surface area contributed by atoms with Crippen LogP contribution >= 0.6 is 11.6 Å². The molecule has 6 heteroatoms. The van der Waals surface area contributed by atoms with Gasteiger partial charge in [-0.2, -0.15) is 0 Å². The molecule has 1 aliphatic carbocycles. The number of hydrogen-bond donors (Lipinski definition) is 1. The molecule has 1 aliphatic heterocycles. The van der Waals surface area contributed by atoms with Crippen LogP contribution in [0.25, 0.3) is 0 Å². The minimum atomic E-state index is -0.0681. The highest BCUT2D eigenvalue weighted by Crippen LogP contribution is 2.28. The monoisotopic (exact) mass is 406 g/mol. The maximum atomic E-state index is 12.8. The third-order valence-electron chi connectivity index (χ3n) is 6.04. The number of carbonyl (C=O) groups is 2. The molecule has 0 bridgehead atoms. The largest absolute Gasteiger partial charge is 0.496 e. The average molecular weight is 407 g/mol. The zero-order chi connectivity index (χ0) is 19.9. The Bertz CT molecular complexity index is 680. The number of carbonyl (C=O) groups excluding carboxylic acids is 2. The summed E-state index contributed by atoms with van der Waals surface area (Å²) in [5.74, 6) is 1.35. The number of halogens is 1. The average Bonchev–Trinajstić information content (AvgIpc) is 2.73. The molecule has 1 N–H and O–H groups in total.